The van der Waals surface area contributed by atoms with E-state index in [0.29, 0.717) is 18.4 Å². The molecule has 1 aliphatic carbocycles. The molecule has 0 aromatic heterocycles. The van der Waals surface area contributed by atoms with Gasteiger partial charge in [0, 0.05) is 31.6 Å². The van der Waals surface area contributed by atoms with E-state index in [9.17, 15) is 4.79 Å². The molecule has 1 heterocycles. The number of likely N-dealkylation sites (N-methyl/N-ethyl adjacent to an activating group) is 1. The molecule has 14 heavy (non-hydrogen) atoms. The summed E-state index contributed by atoms with van der Waals surface area (Å²) >= 11 is 0. The van der Waals surface area contributed by atoms with Crippen LogP contribution in [-0.2, 0) is 4.79 Å². The minimum Gasteiger partial charge on any atom is -0.341 e. The summed E-state index contributed by atoms with van der Waals surface area (Å²) in [6.45, 7) is 3.87. The lowest BCUT2D eigenvalue weighted by Gasteiger charge is -2.24. The zero-order valence-corrected chi connectivity index (χ0v) is 9.20. The van der Waals surface area contributed by atoms with Gasteiger partial charge in [-0.15, -0.1) is 0 Å². The first-order valence-corrected chi connectivity index (χ1v) is 5.72. The molecule has 0 unspecified atom stereocenters. The zero-order chi connectivity index (χ0) is 10.1. The highest BCUT2D eigenvalue weighted by molar-refractivity contribution is 5.76. The number of carbonyl (C=O) groups excluding carboxylic acids is 1. The van der Waals surface area contributed by atoms with Crippen LogP contribution in [0.4, 0.5) is 0 Å². The first-order chi connectivity index (χ1) is 6.72. The van der Waals surface area contributed by atoms with Crippen LogP contribution < -0.4 is 0 Å². The number of rotatable bonds is 3. The van der Waals surface area contributed by atoms with Crippen molar-refractivity contribution in [2.75, 3.05) is 20.1 Å². The number of hydrogen-bond donors (Lipinski definition) is 0. The molecule has 0 radical (unpaired) electrons. The van der Waals surface area contributed by atoms with E-state index in [1.807, 2.05) is 11.8 Å². The summed E-state index contributed by atoms with van der Waals surface area (Å²) in [6.07, 6.45) is 4.53. The molecule has 3 heteroatoms. The minimum absolute atomic E-state index is 0.316. The van der Waals surface area contributed by atoms with Crippen molar-refractivity contribution in [3.05, 3.63) is 0 Å². The fourth-order valence-electron chi connectivity index (χ4n) is 2.30. The molecule has 2 rings (SSSR count). The Kier molecular flexibility index (Phi) is 2.77. The van der Waals surface area contributed by atoms with Crippen LogP contribution in [0.3, 0.4) is 0 Å². The molecule has 0 aromatic rings. The predicted molar refractivity (Wildman–Crippen MR) is 56.1 cm³/mol. The molecule has 3 nitrogen and oxygen atoms in total. The number of likely N-dealkylation sites (tertiary alicyclic amines) is 1. The van der Waals surface area contributed by atoms with Crippen LogP contribution in [-0.4, -0.2) is 47.9 Å². The third kappa shape index (κ3) is 1.92. The van der Waals surface area contributed by atoms with Crippen molar-refractivity contribution in [3.63, 3.8) is 0 Å². The van der Waals surface area contributed by atoms with Crippen molar-refractivity contribution in [1.82, 2.24) is 9.80 Å². The fourth-order valence-corrected chi connectivity index (χ4v) is 2.30. The van der Waals surface area contributed by atoms with E-state index in [4.69, 9.17) is 0 Å². The van der Waals surface area contributed by atoms with Crippen molar-refractivity contribution >= 4 is 5.91 Å². The molecule has 0 aromatic carbocycles. The largest absolute Gasteiger partial charge is 0.341 e. The lowest BCUT2D eigenvalue weighted by Crippen LogP contribution is -2.37. The molecule has 2 aliphatic rings. The highest BCUT2D eigenvalue weighted by Crippen LogP contribution is 2.29. The summed E-state index contributed by atoms with van der Waals surface area (Å²) in [7, 11) is 2.21. The van der Waals surface area contributed by atoms with Gasteiger partial charge in [-0.2, -0.15) is 0 Å². The van der Waals surface area contributed by atoms with E-state index in [1.54, 1.807) is 0 Å². The van der Waals surface area contributed by atoms with Gasteiger partial charge in [0.15, 0.2) is 0 Å². The van der Waals surface area contributed by atoms with E-state index in [0.717, 1.165) is 19.1 Å². The van der Waals surface area contributed by atoms with Crippen molar-refractivity contribution in [1.29, 1.82) is 0 Å². The van der Waals surface area contributed by atoms with E-state index < -0.39 is 0 Å². The smallest absolute Gasteiger partial charge is 0.222 e. The lowest BCUT2D eigenvalue weighted by atomic mass is 10.2. The molecule has 0 N–H and O–H groups in total. The molecule has 1 aliphatic heterocycles. The Morgan fingerprint density at radius 2 is 2.07 bits per heavy atom. The van der Waals surface area contributed by atoms with Gasteiger partial charge in [-0.25, -0.2) is 0 Å². The SMILES string of the molecule is CCC(=O)N1CC[C@H](N(C)C2CC2)C1. The summed E-state index contributed by atoms with van der Waals surface area (Å²) in [5.41, 5.74) is 0. The maximum absolute atomic E-state index is 11.5. The Bertz CT molecular complexity index is 225. The van der Waals surface area contributed by atoms with Gasteiger partial charge in [0.1, 0.15) is 0 Å². The third-order valence-corrected chi connectivity index (χ3v) is 3.52. The summed E-state index contributed by atoms with van der Waals surface area (Å²) in [4.78, 5) is 16.0. The Morgan fingerprint density at radius 1 is 1.36 bits per heavy atom. The average molecular weight is 196 g/mol. The maximum atomic E-state index is 11.5. The van der Waals surface area contributed by atoms with E-state index in [-0.39, 0.29) is 0 Å². The fraction of sp³-hybridized carbons (Fsp3) is 0.909. The molecule has 1 amide bonds. The number of hydrogen-bond acceptors (Lipinski definition) is 2. The second kappa shape index (κ2) is 3.89. The number of amides is 1. The van der Waals surface area contributed by atoms with Crippen LogP contribution >= 0.6 is 0 Å². The maximum Gasteiger partial charge on any atom is 0.222 e. The molecule has 1 atom stereocenters. The van der Waals surface area contributed by atoms with Crippen LogP contribution in [0.1, 0.15) is 32.6 Å². The van der Waals surface area contributed by atoms with Gasteiger partial charge in [0.05, 0.1) is 0 Å². The Balaban J connectivity index is 1.84. The predicted octanol–water partition coefficient (Wildman–Crippen LogP) is 1.09. The summed E-state index contributed by atoms with van der Waals surface area (Å²) in [5.74, 6) is 0.316. The standard InChI is InChI=1S/C11H20N2O/c1-3-11(14)13-7-6-10(8-13)12(2)9-4-5-9/h9-10H,3-8H2,1-2H3/t10-/m0/s1. The highest BCUT2D eigenvalue weighted by Gasteiger charge is 2.35. The lowest BCUT2D eigenvalue weighted by molar-refractivity contribution is -0.129. The van der Waals surface area contributed by atoms with E-state index >= 15 is 0 Å². The average Bonchev–Trinajstić information content (AvgIpc) is 2.93. The number of nitrogens with zero attached hydrogens (tertiary/aromatic N) is 2. The first-order valence-electron chi connectivity index (χ1n) is 5.72. The van der Waals surface area contributed by atoms with Crippen molar-refractivity contribution in [2.45, 2.75) is 44.7 Å². The molecule has 0 spiro atoms. The van der Waals surface area contributed by atoms with Crippen LogP contribution in [0.5, 0.6) is 0 Å². The van der Waals surface area contributed by atoms with Crippen LogP contribution in [0.2, 0.25) is 0 Å². The van der Waals surface area contributed by atoms with Gasteiger partial charge in [0.2, 0.25) is 5.91 Å². The highest BCUT2D eigenvalue weighted by atomic mass is 16.2. The summed E-state index contributed by atoms with van der Waals surface area (Å²) < 4.78 is 0. The Morgan fingerprint density at radius 3 is 2.64 bits per heavy atom. The summed E-state index contributed by atoms with van der Waals surface area (Å²) in [6, 6.07) is 1.44. The van der Waals surface area contributed by atoms with Gasteiger partial charge in [-0.05, 0) is 26.3 Å². The van der Waals surface area contributed by atoms with E-state index in [2.05, 4.69) is 11.9 Å². The summed E-state index contributed by atoms with van der Waals surface area (Å²) in [5, 5.41) is 0. The number of carbonyl (C=O) groups is 1. The molecule has 2 fully saturated rings. The molecular weight excluding hydrogens is 176 g/mol. The van der Waals surface area contributed by atoms with Gasteiger partial charge >= 0.3 is 0 Å². The van der Waals surface area contributed by atoms with Crippen molar-refractivity contribution in [3.8, 4) is 0 Å². The second-order valence-corrected chi connectivity index (χ2v) is 4.53. The zero-order valence-electron chi connectivity index (χ0n) is 9.20. The third-order valence-electron chi connectivity index (χ3n) is 3.52. The monoisotopic (exact) mass is 196 g/mol. The normalized spacial score (nSPS) is 27.4. The quantitative estimate of drug-likeness (QED) is 0.674. The Hall–Kier alpha value is -0.570. The van der Waals surface area contributed by atoms with Gasteiger partial charge in [-0.3, -0.25) is 9.69 Å². The minimum atomic E-state index is 0.316. The molecule has 0 bridgehead atoms. The first kappa shape index (κ1) is 9.97. The molecule has 80 valence electrons. The molecular formula is C11H20N2O. The van der Waals surface area contributed by atoms with Gasteiger partial charge in [0.25, 0.3) is 0 Å². The van der Waals surface area contributed by atoms with Crippen LogP contribution in [0, 0.1) is 0 Å². The van der Waals surface area contributed by atoms with Crippen LogP contribution in [0.25, 0.3) is 0 Å². The van der Waals surface area contributed by atoms with Crippen molar-refractivity contribution in [2.24, 2.45) is 0 Å². The second-order valence-electron chi connectivity index (χ2n) is 4.53. The molecule has 1 saturated heterocycles. The van der Waals surface area contributed by atoms with E-state index in [1.165, 1.54) is 19.3 Å². The van der Waals surface area contributed by atoms with Crippen LogP contribution in [0.15, 0.2) is 0 Å². The topological polar surface area (TPSA) is 23.6 Å². The molecule has 1 saturated carbocycles. The van der Waals surface area contributed by atoms with Gasteiger partial charge < -0.3 is 4.90 Å². The van der Waals surface area contributed by atoms with Gasteiger partial charge in [-0.1, -0.05) is 6.92 Å². The van der Waals surface area contributed by atoms with Crippen molar-refractivity contribution < 1.29 is 4.79 Å². The Labute approximate surface area is 86.1 Å².